The second kappa shape index (κ2) is 5.40. The van der Waals surface area contributed by atoms with Crippen molar-refractivity contribution in [2.45, 2.75) is 19.1 Å². The molecule has 1 fully saturated rings. The number of hydrogen-bond acceptors (Lipinski definition) is 4. The average molecular weight is 282 g/mol. The smallest absolute Gasteiger partial charge is 0.422 e. The zero-order valence-corrected chi connectivity index (χ0v) is 11.5. The first-order chi connectivity index (χ1) is 10.1. The molecule has 0 bridgehead atoms. The molecule has 0 aromatic heterocycles. The number of aryl methyl sites for hydroxylation is 1. The van der Waals surface area contributed by atoms with Crippen molar-refractivity contribution in [2.24, 2.45) is 0 Å². The van der Waals surface area contributed by atoms with Crippen molar-refractivity contribution in [1.82, 2.24) is 0 Å². The Hall–Kier alpha value is -2.62. The first-order valence-corrected chi connectivity index (χ1v) is 6.68. The highest BCUT2D eigenvalue weighted by Gasteiger charge is 2.43. The Morgan fingerprint density at radius 2 is 1.76 bits per heavy atom. The Morgan fingerprint density at radius 3 is 2.48 bits per heavy atom. The molecule has 0 spiro atoms. The Balaban J connectivity index is 1.93. The number of benzene rings is 2. The molecule has 21 heavy (non-hydrogen) atoms. The van der Waals surface area contributed by atoms with Crippen LogP contribution in [0.25, 0.3) is 0 Å². The lowest BCUT2D eigenvalue weighted by molar-refractivity contribution is 0.0716. The average Bonchev–Trinajstić information content (AvgIpc) is 2.89. The van der Waals surface area contributed by atoms with Crippen LogP contribution < -0.4 is 0 Å². The van der Waals surface area contributed by atoms with Crippen LogP contribution in [-0.2, 0) is 9.47 Å². The maximum atomic E-state index is 12.5. The minimum absolute atomic E-state index is 0.257. The summed E-state index contributed by atoms with van der Waals surface area (Å²) in [5.41, 5.74) is 2.29. The third-order valence-corrected chi connectivity index (χ3v) is 3.41. The fourth-order valence-electron chi connectivity index (χ4n) is 2.41. The van der Waals surface area contributed by atoms with Crippen molar-refractivity contribution in [3.63, 3.8) is 0 Å². The lowest BCUT2D eigenvalue weighted by Crippen LogP contribution is -2.26. The van der Waals surface area contributed by atoms with E-state index >= 15 is 0 Å². The SMILES string of the molecule is Cc1cccc([C@@H]2OC(=O)O[C@H]2C(=O)c2ccccc2)c1. The summed E-state index contributed by atoms with van der Waals surface area (Å²) in [7, 11) is 0. The van der Waals surface area contributed by atoms with Gasteiger partial charge in [-0.15, -0.1) is 0 Å². The molecule has 0 radical (unpaired) electrons. The summed E-state index contributed by atoms with van der Waals surface area (Å²) in [5.74, 6) is -0.257. The molecule has 1 saturated heterocycles. The molecule has 2 aromatic rings. The number of carbonyl (C=O) groups is 2. The summed E-state index contributed by atoms with van der Waals surface area (Å²) in [6.07, 6.45) is -2.46. The van der Waals surface area contributed by atoms with Crippen molar-refractivity contribution in [3.8, 4) is 0 Å². The van der Waals surface area contributed by atoms with Crippen LogP contribution in [0.2, 0.25) is 0 Å². The van der Waals surface area contributed by atoms with Crippen LogP contribution in [0.5, 0.6) is 0 Å². The molecular formula is C17H14O4. The molecule has 106 valence electrons. The van der Waals surface area contributed by atoms with Crippen LogP contribution >= 0.6 is 0 Å². The van der Waals surface area contributed by atoms with E-state index in [-0.39, 0.29) is 5.78 Å². The van der Waals surface area contributed by atoms with E-state index in [0.29, 0.717) is 5.56 Å². The van der Waals surface area contributed by atoms with Gasteiger partial charge in [0.05, 0.1) is 0 Å². The van der Waals surface area contributed by atoms with E-state index in [1.165, 1.54) is 0 Å². The first-order valence-electron chi connectivity index (χ1n) is 6.68. The van der Waals surface area contributed by atoms with Gasteiger partial charge in [-0.2, -0.15) is 0 Å². The molecule has 0 aliphatic carbocycles. The summed E-state index contributed by atoms with van der Waals surface area (Å²) in [5, 5.41) is 0. The third-order valence-electron chi connectivity index (χ3n) is 3.41. The second-order valence-corrected chi connectivity index (χ2v) is 4.97. The van der Waals surface area contributed by atoms with Crippen LogP contribution in [-0.4, -0.2) is 18.0 Å². The summed E-state index contributed by atoms with van der Waals surface area (Å²) in [4.78, 5) is 24.0. The fraction of sp³-hybridized carbons (Fsp3) is 0.176. The van der Waals surface area contributed by atoms with E-state index in [4.69, 9.17) is 9.47 Å². The van der Waals surface area contributed by atoms with Crippen molar-refractivity contribution in [1.29, 1.82) is 0 Å². The molecule has 3 rings (SSSR count). The van der Waals surface area contributed by atoms with E-state index in [1.807, 2.05) is 37.3 Å². The fourth-order valence-corrected chi connectivity index (χ4v) is 2.41. The first kappa shape index (κ1) is 13.4. The lowest BCUT2D eigenvalue weighted by atomic mass is 9.96. The predicted molar refractivity (Wildman–Crippen MR) is 76.0 cm³/mol. The molecule has 0 saturated carbocycles. The molecule has 0 N–H and O–H groups in total. The van der Waals surface area contributed by atoms with E-state index < -0.39 is 18.4 Å². The van der Waals surface area contributed by atoms with Gasteiger partial charge in [-0.1, -0.05) is 60.2 Å². The number of hydrogen-bond donors (Lipinski definition) is 0. The zero-order chi connectivity index (χ0) is 14.8. The minimum Gasteiger partial charge on any atom is -0.422 e. The summed E-state index contributed by atoms with van der Waals surface area (Å²) in [6, 6.07) is 16.3. The van der Waals surface area contributed by atoms with Crippen molar-refractivity contribution < 1.29 is 19.1 Å². The van der Waals surface area contributed by atoms with Crippen LogP contribution in [0.15, 0.2) is 54.6 Å². The number of ketones is 1. The predicted octanol–water partition coefficient (Wildman–Crippen LogP) is 3.45. The molecule has 1 aliphatic rings. The van der Waals surface area contributed by atoms with Gasteiger partial charge in [-0.05, 0) is 12.5 Å². The van der Waals surface area contributed by atoms with Crippen LogP contribution in [0.3, 0.4) is 0 Å². The number of rotatable bonds is 3. The van der Waals surface area contributed by atoms with E-state index in [1.54, 1.807) is 24.3 Å². The maximum Gasteiger partial charge on any atom is 0.509 e. The lowest BCUT2D eigenvalue weighted by Gasteiger charge is -2.15. The van der Waals surface area contributed by atoms with Gasteiger partial charge in [0, 0.05) is 5.56 Å². The van der Waals surface area contributed by atoms with Gasteiger partial charge in [0.2, 0.25) is 11.9 Å². The molecule has 0 unspecified atom stereocenters. The van der Waals surface area contributed by atoms with Crippen LogP contribution in [0.4, 0.5) is 4.79 Å². The second-order valence-electron chi connectivity index (χ2n) is 4.97. The number of ether oxygens (including phenoxy) is 2. The highest BCUT2D eigenvalue weighted by molar-refractivity contribution is 6.01. The largest absolute Gasteiger partial charge is 0.509 e. The Bertz CT molecular complexity index is 678. The van der Waals surface area contributed by atoms with Crippen molar-refractivity contribution in [2.75, 3.05) is 0 Å². The molecule has 0 amide bonds. The van der Waals surface area contributed by atoms with Gasteiger partial charge >= 0.3 is 6.16 Å². The highest BCUT2D eigenvalue weighted by Crippen LogP contribution is 2.32. The zero-order valence-electron chi connectivity index (χ0n) is 11.5. The van der Waals surface area contributed by atoms with Crippen molar-refractivity contribution in [3.05, 3.63) is 71.3 Å². The van der Waals surface area contributed by atoms with E-state index in [9.17, 15) is 9.59 Å². The normalized spacial score (nSPS) is 20.7. The van der Waals surface area contributed by atoms with Gasteiger partial charge in [-0.3, -0.25) is 4.79 Å². The molecule has 2 atom stereocenters. The molecule has 2 aromatic carbocycles. The Kier molecular flexibility index (Phi) is 3.44. The van der Waals surface area contributed by atoms with Crippen LogP contribution in [0.1, 0.15) is 27.6 Å². The maximum absolute atomic E-state index is 12.5. The van der Waals surface area contributed by atoms with Gasteiger partial charge in [0.25, 0.3) is 0 Å². The van der Waals surface area contributed by atoms with Gasteiger partial charge in [0.1, 0.15) is 0 Å². The Labute approximate surface area is 122 Å². The standard InChI is InChI=1S/C17H14O4/c1-11-6-5-9-13(10-11)15-16(21-17(19)20-15)14(18)12-7-3-2-4-8-12/h2-10,15-16H,1H3/t15-,16-/m0/s1. The minimum atomic E-state index is -0.943. The van der Waals surface area contributed by atoms with E-state index in [0.717, 1.165) is 11.1 Å². The molecule has 4 heteroatoms. The molecular weight excluding hydrogens is 268 g/mol. The Morgan fingerprint density at radius 1 is 1.00 bits per heavy atom. The van der Waals surface area contributed by atoms with Gasteiger partial charge in [0.15, 0.2) is 6.10 Å². The third kappa shape index (κ3) is 2.65. The molecule has 1 heterocycles. The highest BCUT2D eigenvalue weighted by atomic mass is 16.8. The monoisotopic (exact) mass is 282 g/mol. The van der Waals surface area contributed by atoms with Gasteiger partial charge in [-0.25, -0.2) is 4.79 Å². The number of cyclic esters (lactones) is 2. The summed E-state index contributed by atoms with van der Waals surface area (Å²) < 4.78 is 10.2. The molecule has 4 nitrogen and oxygen atoms in total. The van der Waals surface area contributed by atoms with Gasteiger partial charge < -0.3 is 9.47 Å². The number of carbonyl (C=O) groups excluding carboxylic acids is 2. The summed E-state index contributed by atoms with van der Waals surface area (Å²) in [6.45, 7) is 1.94. The van der Waals surface area contributed by atoms with Crippen molar-refractivity contribution >= 4 is 11.9 Å². The molecule has 1 aliphatic heterocycles. The van der Waals surface area contributed by atoms with E-state index in [2.05, 4.69) is 0 Å². The van der Waals surface area contributed by atoms with Crippen LogP contribution in [0, 0.1) is 6.92 Å². The topological polar surface area (TPSA) is 52.6 Å². The number of Topliss-reactive ketones (excluding diaryl/α,β-unsaturated/α-hetero) is 1. The quantitative estimate of drug-likeness (QED) is 0.639. The summed E-state index contributed by atoms with van der Waals surface area (Å²) >= 11 is 0.